The van der Waals surface area contributed by atoms with Gasteiger partial charge in [-0.3, -0.25) is 19.3 Å². The maximum Gasteiger partial charge on any atom is 0.293 e. The number of carbonyl (C=O) groups is 3. The van der Waals surface area contributed by atoms with Gasteiger partial charge in [-0.15, -0.1) is 0 Å². The lowest BCUT2D eigenvalue weighted by Gasteiger charge is -2.12. The predicted octanol–water partition coefficient (Wildman–Crippen LogP) is 5.26. The maximum atomic E-state index is 12.8. The molecule has 3 aromatic rings. The molecule has 0 atom stereocenters. The van der Waals surface area contributed by atoms with Crippen LogP contribution in [-0.4, -0.2) is 35.7 Å². The SMILES string of the molecule is COc1ccccc1NC(=O)COc1ccc(/C=C2\SC(=O)N(Cc3ccc(C)cc3)C2=O)cc1. The van der Waals surface area contributed by atoms with Crippen molar-refractivity contribution in [3.8, 4) is 11.5 Å². The standard InChI is InChI=1S/C27H24N2O5S/c1-18-7-9-20(10-8-18)16-29-26(31)24(35-27(29)32)15-19-11-13-21(14-12-19)34-17-25(30)28-22-5-3-4-6-23(22)33-2/h3-15H,16-17H2,1-2H3,(H,28,30)/b24-15-. The van der Waals surface area contributed by atoms with Gasteiger partial charge in [0, 0.05) is 0 Å². The molecule has 1 aliphatic rings. The fourth-order valence-corrected chi connectivity index (χ4v) is 4.25. The van der Waals surface area contributed by atoms with Crippen LogP contribution in [0.4, 0.5) is 10.5 Å². The van der Waals surface area contributed by atoms with Gasteiger partial charge in [0.05, 0.1) is 24.2 Å². The molecule has 1 fully saturated rings. The topological polar surface area (TPSA) is 84.9 Å². The Kier molecular flexibility index (Phi) is 7.52. The highest BCUT2D eigenvalue weighted by Gasteiger charge is 2.34. The van der Waals surface area contributed by atoms with Crippen LogP contribution in [0.15, 0.2) is 77.7 Å². The Balaban J connectivity index is 1.34. The molecule has 8 heteroatoms. The average molecular weight is 489 g/mol. The van der Waals surface area contributed by atoms with Crippen molar-refractivity contribution >= 4 is 40.6 Å². The number of aryl methyl sites for hydroxylation is 1. The third-order valence-electron chi connectivity index (χ3n) is 5.26. The molecule has 178 valence electrons. The number of ether oxygens (including phenoxy) is 2. The molecule has 1 aliphatic heterocycles. The number of hydrogen-bond acceptors (Lipinski definition) is 6. The van der Waals surface area contributed by atoms with Crippen molar-refractivity contribution in [2.45, 2.75) is 13.5 Å². The molecule has 0 aromatic heterocycles. The monoisotopic (exact) mass is 488 g/mol. The molecule has 1 N–H and O–H groups in total. The van der Waals surface area contributed by atoms with E-state index >= 15 is 0 Å². The number of rotatable bonds is 8. The van der Waals surface area contributed by atoms with Crippen molar-refractivity contribution in [1.29, 1.82) is 0 Å². The second kappa shape index (κ2) is 10.9. The van der Waals surface area contributed by atoms with Crippen LogP contribution in [0.2, 0.25) is 0 Å². The normalized spacial score (nSPS) is 14.3. The molecule has 7 nitrogen and oxygen atoms in total. The second-order valence-electron chi connectivity index (χ2n) is 7.86. The summed E-state index contributed by atoms with van der Waals surface area (Å²) in [7, 11) is 1.54. The van der Waals surface area contributed by atoms with Crippen LogP contribution in [0, 0.1) is 6.92 Å². The number of carbonyl (C=O) groups excluding carboxylic acids is 3. The van der Waals surface area contributed by atoms with Crippen LogP contribution in [-0.2, 0) is 16.1 Å². The van der Waals surface area contributed by atoms with Crippen molar-refractivity contribution in [2.75, 3.05) is 19.0 Å². The van der Waals surface area contributed by atoms with Crippen molar-refractivity contribution in [1.82, 2.24) is 4.90 Å². The quantitative estimate of drug-likeness (QED) is 0.436. The fourth-order valence-electron chi connectivity index (χ4n) is 3.41. The van der Waals surface area contributed by atoms with Gasteiger partial charge in [-0.25, -0.2) is 0 Å². The third-order valence-corrected chi connectivity index (χ3v) is 6.17. The first-order chi connectivity index (χ1) is 16.9. The molecular weight excluding hydrogens is 464 g/mol. The van der Waals surface area contributed by atoms with Gasteiger partial charge in [0.1, 0.15) is 11.5 Å². The summed E-state index contributed by atoms with van der Waals surface area (Å²) in [5, 5.41) is 2.46. The van der Waals surface area contributed by atoms with Gasteiger partial charge in [-0.2, -0.15) is 0 Å². The van der Waals surface area contributed by atoms with Crippen LogP contribution < -0.4 is 14.8 Å². The molecule has 3 amide bonds. The number of hydrogen-bond donors (Lipinski definition) is 1. The minimum Gasteiger partial charge on any atom is -0.495 e. The molecule has 0 bridgehead atoms. The summed E-state index contributed by atoms with van der Waals surface area (Å²) in [6, 6.07) is 21.8. The van der Waals surface area contributed by atoms with E-state index in [9.17, 15) is 14.4 Å². The van der Waals surface area contributed by atoms with Crippen molar-refractivity contribution < 1.29 is 23.9 Å². The van der Waals surface area contributed by atoms with Gasteiger partial charge >= 0.3 is 0 Å². The summed E-state index contributed by atoms with van der Waals surface area (Å²) in [5.41, 5.74) is 3.33. The zero-order valence-corrected chi connectivity index (χ0v) is 20.1. The predicted molar refractivity (Wildman–Crippen MR) is 136 cm³/mol. The first kappa shape index (κ1) is 24.1. The Morgan fingerprint density at radius 2 is 1.71 bits per heavy atom. The third kappa shape index (κ3) is 6.10. The Labute approximate surface area is 207 Å². The summed E-state index contributed by atoms with van der Waals surface area (Å²) in [4.78, 5) is 39.0. The summed E-state index contributed by atoms with van der Waals surface area (Å²) >= 11 is 0.925. The number of nitrogens with zero attached hydrogens (tertiary/aromatic N) is 1. The summed E-state index contributed by atoms with van der Waals surface area (Å²) in [6.45, 7) is 2.06. The summed E-state index contributed by atoms with van der Waals surface area (Å²) in [6.07, 6.45) is 1.68. The Hall–Kier alpha value is -4.04. The lowest BCUT2D eigenvalue weighted by atomic mass is 10.1. The van der Waals surface area contributed by atoms with Crippen molar-refractivity contribution in [3.05, 3.63) is 94.4 Å². The van der Waals surface area contributed by atoms with E-state index in [4.69, 9.17) is 9.47 Å². The van der Waals surface area contributed by atoms with E-state index in [1.54, 1.807) is 48.5 Å². The lowest BCUT2D eigenvalue weighted by molar-refractivity contribution is -0.123. The van der Waals surface area contributed by atoms with Crippen LogP contribution in [0.25, 0.3) is 6.08 Å². The minimum absolute atomic E-state index is 0.171. The first-order valence-electron chi connectivity index (χ1n) is 10.9. The highest BCUT2D eigenvalue weighted by atomic mass is 32.2. The highest BCUT2D eigenvalue weighted by molar-refractivity contribution is 8.18. The minimum atomic E-state index is -0.319. The van der Waals surface area contributed by atoms with Crippen molar-refractivity contribution in [2.24, 2.45) is 0 Å². The van der Waals surface area contributed by atoms with Gasteiger partial charge in [-0.1, -0.05) is 54.1 Å². The van der Waals surface area contributed by atoms with Gasteiger partial charge in [-0.05, 0) is 60.2 Å². The van der Waals surface area contributed by atoms with E-state index in [0.29, 0.717) is 22.1 Å². The molecule has 0 spiro atoms. The Bertz CT molecular complexity index is 1270. The molecule has 0 radical (unpaired) electrons. The molecule has 0 saturated carbocycles. The van der Waals surface area contributed by atoms with E-state index in [0.717, 1.165) is 28.5 Å². The molecule has 1 heterocycles. The zero-order chi connectivity index (χ0) is 24.8. The number of thioether (sulfide) groups is 1. The number of methoxy groups -OCH3 is 1. The lowest BCUT2D eigenvalue weighted by Crippen LogP contribution is -2.27. The molecular formula is C27H24N2O5S. The Morgan fingerprint density at radius 3 is 2.43 bits per heavy atom. The highest BCUT2D eigenvalue weighted by Crippen LogP contribution is 2.33. The number of para-hydroxylation sites is 2. The zero-order valence-electron chi connectivity index (χ0n) is 19.3. The van der Waals surface area contributed by atoms with Gasteiger partial charge in [0.15, 0.2) is 6.61 Å². The van der Waals surface area contributed by atoms with E-state index in [1.165, 1.54) is 12.0 Å². The molecule has 4 rings (SSSR count). The molecule has 3 aromatic carbocycles. The van der Waals surface area contributed by atoms with Crippen LogP contribution >= 0.6 is 11.8 Å². The van der Waals surface area contributed by atoms with Crippen LogP contribution in [0.3, 0.4) is 0 Å². The average Bonchev–Trinajstić information content (AvgIpc) is 3.12. The van der Waals surface area contributed by atoms with Crippen LogP contribution in [0.1, 0.15) is 16.7 Å². The molecule has 1 saturated heterocycles. The van der Waals surface area contributed by atoms with E-state index in [2.05, 4.69) is 5.32 Å². The number of anilines is 1. The second-order valence-corrected chi connectivity index (χ2v) is 8.85. The Morgan fingerprint density at radius 1 is 1.00 bits per heavy atom. The number of amides is 3. The molecule has 0 unspecified atom stereocenters. The van der Waals surface area contributed by atoms with Gasteiger partial charge in [0.2, 0.25) is 0 Å². The summed E-state index contributed by atoms with van der Waals surface area (Å²) < 4.78 is 10.8. The largest absolute Gasteiger partial charge is 0.495 e. The van der Waals surface area contributed by atoms with E-state index in [-0.39, 0.29) is 30.2 Å². The van der Waals surface area contributed by atoms with Gasteiger partial charge < -0.3 is 14.8 Å². The van der Waals surface area contributed by atoms with E-state index in [1.807, 2.05) is 37.3 Å². The van der Waals surface area contributed by atoms with Gasteiger partial charge in [0.25, 0.3) is 17.1 Å². The number of nitrogens with one attached hydrogen (secondary N) is 1. The van der Waals surface area contributed by atoms with Crippen molar-refractivity contribution in [3.63, 3.8) is 0 Å². The first-order valence-corrected chi connectivity index (χ1v) is 11.7. The smallest absolute Gasteiger partial charge is 0.293 e. The van der Waals surface area contributed by atoms with Crippen LogP contribution in [0.5, 0.6) is 11.5 Å². The number of benzene rings is 3. The fraction of sp³-hybridized carbons (Fsp3) is 0.148. The summed E-state index contributed by atoms with van der Waals surface area (Å²) in [5.74, 6) is 0.438. The van der Waals surface area contributed by atoms with E-state index < -0.39 is 0 Å². The maximum absolute atomic E-state index is 12.8. The molecule has 35 heavy (non-hydrogen) atoms. The number of imide groups is 1. The molecule has 0 aliphatic carbocycles.